The van der Waals surface area contributed by atoms with Gasteiger partial charge in [0.25, 0.3) is 0 Å². The number of hydrogen-bond acceptors (Lipinski definition) is 2. The summed E-state index contributed by atoms with van der Waals surface area (Å²) in [5, 5.41) is 3.33. The Labute approximate surface area is 103 Å². The first kappa shape index (κ1) is 11.9. The highest BCUT2D eigenvalue weighted by molar-refractivity contribution is 9.10. The number of rotatable bonds is 2. The van der Waals surface area contributed by atoms with Crippen LogP contribution in [0, 0.1) is 5.82 Å². The molecule has 1 saturated heterocycles. The summed E-state index contributed by atoms with van der Waals surface area (Å²) in [6.07, 6.45) is 2.21. The van der Waals surface area contributed by atoms with Crippen LogP contribution in [0.3, 0.4) is 0 Å². The number of hydrogen-bond donors (Lipinski definition) is 1. The van der Waals surface area contributed by atoms with Crippen molar-refractivity contribution in [1.82, 2.24) is 5.32 Å². The molecule has 1 aliphatic rings. The maximum atomic E-state index is 13.4. The molecule has 0 amide bonds. The molecular weight excluding hydrogens is 273 g/mol. The quantitative estimate of drug-likeness (QED) is 0.903. The van der Waals surface area contributed by atoms with Crippen molar-refractivity contribution < 1.29 is 9.13 Å². The lowest BCUT2D eigenvalue weighted by Crippen LogP contribution is -2.28. The van der Waals surface area contributed by atoms with Crippen LogP contribution >= 0.6 is 15.9 Å². The Balaban J connectivity index is 2.36. The summed E-state index contributed by atoms with van der Waals surface area (Å²) in [5.41, 5.74) is 0.960. The van der Waals surface area contributed by atoms with Crippen molar-refractivity contribution in [3.63, 3.8) is 0 Å². The van der Waals surface area contributed by atoms with Crippen molar-refractivity contribution in [3.8, 4) is 5.75 Å². The minimum absolute atomic E-state index is 0.215. The Hall–Kier alpha value is -0.610. The lowest BCUT2D eigenvalue weighted by atomic mass is 9.91. The van der Waals surface area contributed by atoms with E-state index in [1.807, 2.05) is 0 Å². The zero-order valence-electron chi connectivity index (χ0n) is 9.22. The monoisotopic (exact) mass is 287 g/mol. The van der Waals surface area contributed by atoms with E-state index in [9.17, 15) is 4.39 Å². The standard InChI is InChI=1S/C12H15BrFNO/c1-16-12-10(5-9(14)6-11(12)13)8-3-2-4-15-7-8/h5-6,8,15H,2-4,7H2,1H3. The molecule has 1 unspecified atom stereocenters. The van der Waals surface area contributed by atoms with Crippen LogP contribution in [0.5, 0.6) is 5.75 Å². The molecule has 0 aliphatic carbocycles. The fourth-order valence-electron chi connectivity index (χ4n) is 2.22. The van der Waals surface area contributed by atoms with Crippen molar-refractivity contribution >= 4 is 15.9 Å². The van der Waals surface area contributed by atoms with Gasteiger partial charge < -0.3 is 10.1 Å². The van der Waals surface area contributed by atoms with E-state index in [0.29, 0.717) is 10.4 Å². The zero-order chi connectivity index (χ0) is 11.5. The first-order valence-corrected chi connectivity index (χ1v) is 6.25. The van der Waals surface area contributed by atoms with Crippen molar-refractivity contribution in [2.24, 2.45) is 0 Å². The lowest BCUT2D eigenvalue weighted by Gasteiger charge is -2.25. The number of halogens is 2. The third-order valence-corrected chi connectivity index (χ3v) is 3.57. The fraction of sp³-hybridized carbons (Fsp3) is 0.500. The van der Waals surface area contributed by atoms with E-state index in [0.717, 1.165) is 37.2 Å². The summed E-state index contributed by atoms with van der Waals surface area (Å²) < 4.78 is 19.4. The molecule has 4 heteroatoms. The molecule has 0 bridgehead atoms. The summed E-state index contributed by atoms with van der Waals surface area (Å²) in [4.78, 5) is 0. The topological polar surface area (TPSA) is 21.3 Å². The molecule has 0 radical (unpaired) electrons. The maximum Gasteiger partial charge on any atom is 0.136 e. The largest absolute Gasteiger partial charge is 0.495 e. The number of nitrogens with one attached hydrogen (secondary N) is 1. The van der Waals surface area contributed by atoms with Crippen LogP contribution < -0.4 is 10.1 Å². The van der Waals surface area contributed by atoms with E-state index in [-0.39, 0.29) is 5.82 Å². The molecule has 88 valence electrons. The van der Waals surface area contributed by atoms with Crippen molar-refractivity contribution in [3.05, 3.63) is 28.0 Å². The maximum absolute atomic E-state index is 13.4. The second kappa shape index (κ2) is 5.15. The number of benzene rings is 1. The predicted molar refractivity (Wildman–Crippen MR) is 65.5 cm³/mol. The second-order valence-electron chi connectivity index (χ2n) is 4.05. The summed E-state index contributed by atoms with van der Waals surface area (Å²) in [6.45, 7) is 1.95. The molecule has 1 fully saturated rings. The molecular formula is C12H15BrFNO. The molecule has 1 heterocycles. The molecule has 0 spiro atoms. The van der Waals surface area contributed by atoms with Crippen LogP contribution in [-0.2, 0) is 0 Å². The molecule has 1 aliphatic heterocycles. The normalized spacial score (nSPS) is 20.8. The minimum Gasteiger partial charge on any atom is -0.495 e. The number of piperidine rings is 1. The smallest absolute Gasteiger partial charge is 0.136 e. The van der Waals surface area contributed by atoms with E-state index < -0.39 is 0 Å². The molecule has 2 nitrogen and oxygen atoms in total. The predicted octanol–water partition coefficient (Wildman–Crippen LogP) is 3.06. The number of ether oxygens (including phenoxy) is 1. The van der Waals surface area contributed by atoms with Gasteiger partial charge in [0.2, 0.25) is 0 Å². The van der Waals surface area contributed by atoms with Crippen molar-refractivity contribution in [2.75, 3.05) is 20.2 Å². The average Bonchev–Trinajstić information content (AvgIpc) is 2.29. The van der Waals surface area contributed by atoms with E-state index in [2.05, 4.69) is 21.2 Å². The van der Waals surface area contributed by atoms with Crippen LogP contribution in [0.25, 0.3) is 0 Å². The van der Waals surface area contributed by atoms with Crippen molar-refractivity contribution in [2.45, 2.75) is 18.8 Å². The summed E-state index contributed by atoms with van der Waals surface area (Å²) in [7, 11) is 1.62. The first-order chi connectivity index (χ1) is 7.72. The second-order valence-corrected chi connectivity index (χ2v) is 4.91. The molecule has 1 aromatic rings. The molecule has 1 N–H and O–H groups in total. The third kappa shape index (κ3) is 2.38. The van der Waals surface area contributed by atoms with Gasteiger partial charge in [-0.1, -0.05) is 0 Å². The van der Waals surface area contributed by atoms with Gasteiger partial charge in [-0.2, -0.15) is 0 Å². The molecule has 1 aromatic carbocycles. The van der Waals surface area contributed by atoms with Gasteiger partial charge in [0.15, 0.2) is 0 Å². The number of methoxy groups -OCH3 is 1. The van der Waals surface area contributed by atoms with Gasteiger partial charge in [-0.3, -0.25) is 0 Å². The highest BCUT2D eigenvalue weighted by Crippen LogP contribution is 2.37. The SMILES string of the molecule is COc1c(Br)cc(F)cc1C1CCCNC1. The zero-order valence-corrected chi connectivity index (χ0v) is 10.8. The van der Waals surface area contributed by atoms with Gasteiger partial charge in [-0.05, 0) is 47.4 Å². The minimum atomic E-state index is -0.215. The molecule has 2 rings (SSSR count). The Morgan fingerprint density at radius 1 is 1.50 bits per heavy atom. The van der Waals surface area contributed by atoms with Crippen LogP contribution in [0.4, 0.5) is 4.39 Å². The van der Waals surface area contributed by atoms with E-state index in [4.69, 9.17) is 4.74 Å². The van der Waals surface area contributed by atoms with Gasteiger partial charge in [-0.25, -0.2) is 4.39 Å². The Kier molecular flexibility index (Phi) is 3.82. The van der Waals surface area contributed by atoms with Crippen LogP contribution in [-0.4, -0.2) is 20.2 Å². The first-order valence-electron chi connectivity index (χ1n) is 5.46. The average molecular weight is 288 g/mol. The Morgan fingerprint density at radius 2 is 2.31 bits per heavy atom. The highest BCUT2D eigenvalue weighted by Gasteiger charge is 2.21. The molecule has 16 heavy (non-hydrogen) atoms. The van der Waals surface area contributed by atoms with Gasteiger partial charge in [0.05, 0.1) is 11.6 Å². The lowest BCUT2D eigenvalue weighted by molar-refractivity contribution is 0.388. The highest BCUT2D eigenvalue weighted by atomic mass is 79.9. The van der Waals surface area contributed by atoms with Crippen LogP contribution in [0.15, 0.2) is 16.6 Å². The van der Waals surface area contributed by atoms with Crippen molar-refractivity contribution in [1.29, 1.82) is 0 Å². The summed E-state index contributed by atoms with van der Waals surface area (Å²) >= 11 is 3.34. The van der Waals surface area contributed by atoms with E-state index in [1.165, 1.54) is 6.07 Å². The molecule has 0 saturated carbocycles. The molecule has 1 atom stereocenters. The van der Waals surface area contributed by atoms with E-state index in [1.54, 1.807) is 13.2 Å². The van der Waals surface area contributed by atoms with E-state index >= 15 is 0 Å². The van der Waals surface area contributed by atoms with Gasteiger partial charge in [-0.15, -0.1) is 0 Å². The van der Waals surface area contributed by atoms with Gasteiger partial charge in [0.1, 0.15) is 11.6 Å². The summed E-state index contributed by atoms with van der Waals surface area (Å²) in [5.74, 6) is 0.888. The van der Waals surface area contributed by atoms with Crippen LogP contribution in [0.2, 0.25) is 0 Å². The van der Waals surface area contributed by atoms with Crippen LogP contribution in [0.1, 0.15) is 24.3 Å². The third-order valence-electron chi connectivity index (χ3n) is 2.98. The summed E-state index contributed by atoms with van der Waals surface area (Å²) in [6, 6.07) is 3.03. The molecule has 0 aromatic heterocycles. The Bertz CT molecular complexity index is 378. The van der Waals surface area contributed by atoms with Gasteiger partial charge in [0, 0.05) is 18.0 Å². The van der Waals surface area contributed by atoms with Gasteiger partial charge >= 0.3 is 0 Å². The fourth-order valence-corrected chi connectivity index (χ4v) is 2.83. The Morgan fingerprint density at radius 3 is 2.94 bits per heavy atom.